The summed E-state index contributed by atoms with van der Waals surface area (Å²) in [5, 5.41) is 12.2. The van der Waals surface area contributed by atoms with Crippen molar-refractivity contribution in [2.45, 2.75) is 13.8 Å². The van der Waals surface area contributed by atoms with Crippen LogP contribution < -0.4 is 10.1 Å². The van der Waals surface area contributed by atoms with E-state index in [2.05, 4.69) is 21.4 Å². The number of pyridine rings is 2. The summed E-state index contributed by atoms with van der Waals surface area (Å²) in [6.07, 6.45) is 3.32. The fraction of sp³-hybridized carbons (Fsp3) is 0.214. The zero-order chi connectivity index (χ0) is 13.7. The number of nitrogens with zero attached hydrogens (tertiary/aromatic N) is 3. The Bertz CT molecular complexity index is 602. The maximum atomic E-state index is 9.13. The minimum absolute atomic E-state index is 0.536. The molecule has 0 radical (unpaired) electrons. The monoisotopic (exact) mass is 254 g/mol. The van der Waals surface area contributed by atoms with Gasteiger partial charge in [-0.1, -0.05) is 0 Å². The van der Waals surface area contributed by atoms with Crippen molar-refractivity contribution < 1.29 is 4.74 Å². The van der Waals surface area contributed by atoms with Crippen molar-refractivity contribution in [3.05, 3.63) is 41.7 Å². The summed E-state index contributed by atoms with van der Waals surface area (Å²) in [5.74, 6) is 1.11. The Labute approximate surface area is 111 Å². The van der Waals surface area contributed by atoms with Gasteiger partial charge in [0.25, 0.3) is 0 Å². The van der Waals surface area contributed by atoms with Gasteiger partial charge in [0.05, 0.1) is 24.1 Å². The number of nitrogens with one attached hydrogen (secondary N) is 1. The van der Waals surface area contributed by atoms with Gasteiger partial charge in [0.2, 0.25) is 5.88 Å². The second-order valence-corrected chi connectivity index (χ2v) is 3.91. The second kappa shape index (κ2) is 5.83. The molecule has 5 heteroatoms. The highest BCUT2D eigenvalue weighted by Gasteiger charge is 2.06. The van der Waals surface area contributed by atoms with Crippen molar-refractivity contribution in [3.63, 3.8) is 0 Å². The maximum Gasteiger partial charge on any atom is 0.213 e. The van der Waals surface area contributed by atoms with Gasteiger partial charge in [0, 0.05) is 12.3 Å². The molecule has 96 valence electrons. The van der Waals surface area contributed by atoms with E-state index >= 15 is 0 Å². The molecule has 0 atom stereocenters. The maximum absolute atomic E-state index is 9.13. The summed E-state index contributed by atoms with van der Waals surface area (Å²) in [6, 6.07) is 7.56. The summed E-state index contributed by atoms with van der Waals surface area (Å²) in [6.45, 7) is 4.36. The lowest BCUT2D eigenvalue weighted by molar-refractivity contribution is 0.327. The SMILES string of the molecule is CCOc1ccc(Nc2nccc(C)c2C#N)cn1. The van der Waals surface area contributed by atoms with Crippen LogP contribution in [0.1, 0.15) is 18.1 Å². The Kier molecular flexibility index (Phi) is 3.94. The Morgan fingerprint density at radius 3 is 2.79 bits per heavy atom. The van der Waals surface area contributed by atoms with Crippen LogP contribution in [0.15, 0.2) is 30.6 Å². The predicted octanol–water partition coefficient (Wildman–Crippen LogP) is 2.80. The molecule has 2 aromatic heterocycles. The third kappa shape index (κ3) is 2.99. The number of anilines is 2. The summed E-state index contributed by atoms with van der Waals surface area (Å²) in [5.41, 5.74) is 2.19. The molecular weight excluding hydrogens is 240 g/mol. The van der Waals surface area contributed by atoms with E-state index in [9.17, 15) is 0 Å². The number of aryl methyl sites for hydroxylation is 1. The van der Waals surface area contributed by atoms with Gasteiger partial charge in [-0.3, -0.25) is 0 Å². The molecule has 0 saturated carbocycles. The number of nitriles is 1. The second-order valence-electron chi connectivity index (χ2n) is 3.91. The van der Waals surface area contributed by atoms with Crippen molar-refractivity contribution in [3.8, 4) is 11.9 Å². The molecule has 0 aliphatic rings. The van der Waals surface area contributed by atoms with Crippen LogP contribution in [-0.2, 0) is 0 Å². The highest BCUT2D eigenvalue weighted by Crippen LogP contribution is 2.21. The number of hydrogen-bond donors (Lipinski definition) is 1. The Morgan fingerprint density at radius 2 is 2.16 bits per heavy atom. The number of ether oxygens (including phenoxy) is 1. The summed E-state index contributed by atoms with van der Waals surface area (Å²) < 4.78 is 5.27. The Balaban J connectivity index is 2.22. The molecule has 0 amide bonds. The molecule has 2 rings (SSSR count). The number of hydrogen-bond acceptors (Lipinski definition) is 5. The van der Waals surface area contributed by atoms with Gasteiger partial charge in [0.1, 0.15) is 11.9 Å². The molecule has 2 aromatic rings. The zero-order valence-electron chi connectivity index (χ0n) is 10.8. The highest BCUT2D eigenvalue weighted by atomic mass is 16.5. The van der Waals surface area contributed by atoms with Crippen molar-refractivity contribution in [2.24, 2.45) is 0 Å². The molecule has 0 aliphatic heterocycles. The average molecular weight is 254 g/mol. The molecule has 19 heavy (non-hydrogen) atoms. The molecule has 0 aliphatic carbocycles. The van der Waals surface area contributed by atoms with E-state index in [1.165, 1.54) is 0 Å². The van der Waals surface area contributed by atoms with E-state index < -0.39 is 0 Å². The number of aromatic nitrogens is 2. The predicted molar refractivity (Wildman–Crippen MR) is 72.4 cm³/mol. The molecule has 2 heterocycles. The topological polar surface area (TPSA) is 70.8 Å². The lowest BCUT2D eigenvalue weighted by atomic mass is 10.1. The first kappa shape index (κ1) is 12.8. The van der Waals surface area contributed by atoms with Crippen molar-refractivity contribution in [2.75, 3.05) is 11.9 Å². The van der Waals surface area contributed by atoms with Gasteiger partial charge in [-0.05, 0) is 31.5 Å². The molecular formula is C14H14N4O. The van der Waals surface area contributed by atoms with Crippen molar-refractivity contribution in [1.29, 1.82) is 5.26 Å². The highest BCUT2D eigenvalue weighted by molar-refractivity contribution is 5.63. The average Bonchev–Trinajstić information content (AvgIpc) is 2.42. The zero-order valence-corrected chi connectivity index (χ0v) is 10.8. The van der Waals surface area contributed by atoms with Gasteiger partial charge in [-0.2, -0.15) is 5.26 Å². The molecule has 0 saturated heterocycles. The fourth-order valence-corrected chi connectivity index (χ4v) is 1.62. The molecule has 0 unspecified atom stereocenters. The largest absolute Gasteiger partial charge is 0.478 e. The normalized spacial score (nSPS) is 9.74. The third-order valence-corrected chi connectivity index (χ3v) is 2.56. The van der Waals surface area contributed by atoms with E-state index in [4.69, 9.17) is 10.00 Å². The van der Waals surface area contributed by atoms with Crippen LogP contribution >= 0.6 is 0 Å². The van der Waals surface area contributed by atoms with E-state index in [1.807, 2.05) is 19.9 Å². The van der Waals surface area contributed by atoms with Crippen LogP contribution in [0.4, 0.5) is 11.5 Å². The first-order chi connectivity index (χ1) is 9.24. The van der Waals surface area contributed by atoms with Gasteiger partial charge < -0.3 is 10.1 Å². The summed E-state index contributed by atoms with van der Waals surface area (Å²) >= 11 is 0. The van der Waals surface area contributed by atoms with E-state index in [0.29, 0.717) is 23.9 Å². The minimum Gasteiger partial charge on any atom is -0.478 e. The van der Waals surface area contributed by atoms with Crippen LogP contribution in [0.25, 0.3) is 0 Å². The first-order valence-electron chi connectivity index (χ1n) is 5.96. The molecule has 0 aromatic carbocycles. The van der Waals surface area contributed by atoms with E-state index in [1.54, 1.807) is 24.5 Å². The quantitative estimate of drug-likeness (QED) is 0.908. The lowest BCUT2D eigenvalue weighted by Crippen LogP contribution is -2.00. The van der Waals surface area contributed by atoms with Gasteiger partial charge in [-0.25, -0.2) is 9.97 Å². The Hall–Kier alpha value is -2.61. The van der Waals surface area contributed by atoms with E-state index in [-0.39, 0.29) is 0 Å². The van der Waals surface area contributed by atoms with Gasteiger partial charge >= 0.3 is 0 Å². The third-order valence-electron chi connectivity index (χ3n) is 2.56. The van der Waals surface area contributed by atoms with Crippen molar-refractivity contribution >= 4 is 11.5 Å². The Morgan fingerprint density at radius 1 is 1.32 bits per heavy atom. The van der Waals surface area contributed by atoms with Gasteiger partial charge in [0.15, 0.2) is 0 Å². The first-order valence-corrected chi connectivity index (χ1v) is 5.96. The summed E-state index contributed by atoms with van der Waals surface area (Å²) in [4.78, 5) is 8.32. The molecule has 1 N–H and O–H groups in total. The van der Waals surface area contributed by atoms with Crippen molar-refractivity contribution in [1.82, 2.24) is 9.97 Å². The number of rotatable bonds is 4. The molecule has 0 spiro atoms. The van der Waals surface area contributed by atoms with Crippen LogP contribution in [0.2, 0.25) is 0 Å². The van der Waals surface area contributed by atoms with Crippen LogP contribution in [-0.4, -0.2) is 16.6 Å². The standard InChI is InChI=1S/C14H14N4O/c1-3-19-13-5-4-11(9-17-13)18-14-12(8-15)10(2)6-7-16-14/h4-7,9H,3H2,1-2H3,(H,16,18). The smallest absolute Gasteiger partial charge is 0.213 e. The molecule has 5 nitrogen and oxygen atoms in total. The minimum atomic E-state index is 0.536. The van der Waals surface area contributed by atoms with E-state index in [0.717, 1.165) is 11.3 Å². The molecule has 0 fully saturated rings. The summed E-state index contributed by atoms with van der Waals surface area (Å²) in [7, 11) is 0. The van der Waals surface area contributed by atoms with Crippen LogP contribution in [0.5, 0.6) is 5.88 Å². The van der Waals surface area contributed by atoms with Crippen LogP contribution in [0, 0.1) is 18.3 Å². The fourth-order valence-electron chi connectivity index (χ4n) is 1.62. The van der Waals surface area contributed by atoms with Gasteiger partial charge in [-0.15, -0.1) is 0 Å². The lowest BCUT2D eigenvalue weighted by Gasteiger charge is -2.09. The van der Waals surface area contributed by atoms with Crippen LogP contribution in [0.3, 0.4) is 0 Å². The molecule has 0 bridgehead atoms.